The fourth-order valence-electron chi connectivity index (χ4n) is 2.13. The third-order valence-corrected chi connectivity index (χ3v) is 3.14. The lowest BCUT2D eigenvalue weighted by atomic mass is 10.1. The lowest BCUT2D eigenvalue weighted by molar-refractivity contribution is 0.0682. The van der Waals surface area contributed by atoms with Gasteiger partial charge in [-0.15, -0.1) is 0 Å². The quantitative estimate of drug-likeness (QED) is 0.780. The van der Waals surface area contributed by atoms with E-state index in [2.05, 4.69) is 9.97 Å². The summed E-state index contributed by atoms with van der Waals surface area (Å²) in [7, 11) is 0. The molecule has 114 valence electrons. The smallest absolute Gasteiger partial charge is 0.374 e. The number of carboxylic acids is 1. The third kappa shape index (κ3) is 3.91. The molecule has 3 aromatic rings. The van der Waals surface area contributed by atoms with E-state index in [1.807, 2.05) is 48.5 Å². The van der Waals surface area contributed by atoms with Crippen LogP contribution in [-0.4, -0.2) is 21.0 Å². The maximum absolute atomic E-state index is 11.2. The molecule has 0 amide bonds. The molecule has 0 atom stereocenters. The monoisotopic (exact) mass is 306 g/mol. The Kier molecular flexibility index (Phi) is 4.29. The minimum absolute atomic E-state index is 0.217. The van der Waals surface area contributed by atoms with Gasteiger partial charge < -0.3 is 9.84 Å². The van der Waals surface area contributed by atoms with E-state index in [9.17, 15) is 9.90 Å². The minimum Gasteiger partial charge on any atom is -0.475 e. The second kappa shape index (κ2) is 6.70. The molecular weight excluding hydrogens is 292 g/mol. The van der Waals surface area contributed by atoms with Crippen LogP contribution in [0.3, 0.4) is 0 Å². The van der Waals surface area contributed by atoms with Crippen molar-refractivity contribution in [1.82, 2.24) is 9.97 Å². The van der Waals surface area contributed by atoms with Crippen LogP contribution in [0, 0.1) is 0 Å². The molecule has 0 saturated heterocycles. The highest BCUT2D eigenvalue weighted by atomic mass is 16.5. The van der Waals surface area contributed by atoms with Crippen LogP contribution in [0.1, 0.15) is 21.9 Å². The Morgan fingerprint density at radius 1 is 0.957 bits per heavy atom. The number of carboxylic acid groups (broad SMARTS) is 1. The number of benzene rings is 2. The third-order valence-electron chi connectivity index (χ3n) is 3.14. The SMILES string of the molecule is O=C(O)c1nc(Cc2ccccc2)cc(Oc2ccccc2)n1. The van der Waals surface area contributed by atoms with E-state index < -0.39 is 5.97 Å². The number of para-hydroxylation sites is 1. The summed E-state index contributed by atoms with van der Waals surface area (Å²) in [6.07, 6.45) is 0.509. The van der Waals surface area contributed by atoms with E-state index in [0.717, 1.165) is 5.56 Å². The maximum Gasteiger partial charge on any atom is 0.374 e. The van der Waals surface area contributed by atoms with Crippen molar-refractivity contribution in [3.63, 3.8) is 0 Å². The zero-order valence-electron chi connectivity index (χ0n) is 12.2. The number of nitrogens with zero attached hydrogens (tertiary/aromatic N) is 2. The highest BCUT2D eigenvalue weighted by molar-refractivity contribution is 5.83. The van der Waals surface area contributed by atoms with Crippen molar-refractivity contribution in [2.45, 2.75) is 6.42 Å². The van der Waals surface area contributed by atoms with Crippen LogP contribution in [-0.2, 0) is 6.42 Å². The molecule has 0 bridgehead atoms. The maximum atomic E-state index is 11.2. The van der Waals surface area contributed by atoms with Gasteiger partial charge in [0, 0.05) is 12.5 Å². The Labute approximate surface area is 133 Å². The molecule has 0 aliphatic heterocycles. The van der Waals surface area contributed by atoms with Crippen molar-refractivity contribution in [2.24, 2.45) is 0 Å². The Morgan fingerprint density at radius 3 is 2.26 bits per heavy atom. The number of ether oxygens (including phenoxy) is 1. The topological polar surface area (TPSA) is 72.3 Å². The van der Waals surface area contributed by atoms with Gasteiger partial charge in [-0.05, 0) is 17.7 Å². The van der Waals surface area contributed by atoms with Crippen molar-refractivity contribution in [2.75, 3.05) is 0 Å². The van der Waals surface area contributed by atoms with Crippen LogP contribution in [0.15, 0.2) is 66.7 Å². The first-order chi connectivity index (χ1) is 11.2. The molecule has 5 nitrogen and oxygen atoms in total. The molecule has 1 N–H and O–H groups in total. The summed E-state index contributed by atoms with van der Waals surface area (Å²) in [4.78, 5) is 19.2. The molecule has 1 heterocycles. The van der Waals surface area contributed by atoms with Gasteiger partial charge in [0.05, 0.1) is 5.69 Å². The summed E-state index contributed by atoms with van der Waals surface area (Å²) >= 11 is 0. The molecule has 0 saturated carbocycles. The van der Waals surface area contributed by atoms with Gasteiger partial charge in [0.1, 0.15) is 5.75 Å². The highest BCUT2D eigenvalue weighted by Crippen LogP contribution is 2.20. The van der Waals surface area contributed by atoms with Gasteiger partial charge in [-0.25, -0.2) is 9.78 Å². The molecule has 2 aromatic carbocycles. The summed E-state index contributed by atoms with van der Waals surface area (Å²) in [5.41, 5.74) is 1.63. The van der Waals surface area contributed by atoms with Gasteiger partial charge in [-0.2, -0.15) is 4.98 Å². The van der Waals surface area contributed by atoms with E-state index in [-0.39, 0.29) is 11.7 Å². The van der Waals surface area contributed by atoms with Crippen molar-refractivity contribution in [3.05, 3.63) is 83.8 Å². The first-order valence-corrected chi connectivity index (χ1v) is 7.09. The van der Waals surface area contributed by atoms with E-state index >= 15 is 0 Å². The molecule has 5 heteroatoms. The molecule has 0 aliphatic rings. The van der Waals surface area contributed by atoms with E-state index in [0.29, 0.717) is 17.9 Å². The number of hydrogen-bond acceptors (Lipinski definition) is 4. The van der Waals surface area contributed by atoms with Gasteiger partial charge in [-0.3, -0.25) is 0 Å². The summed E-state index contributed by atoms with van der Waals surface area (Å²) in [5, 5.41) is 9.19. The van der Waals surface area contributed by atoms with Crippen LogP contribution < -0.4 is 4.74 Å². The number of hydrogen-bond donors (Lipinski definition) is 1. The Hall–Kier alpha value is -3.21. The second-order valence-electron chi connectivity index (χ2n) is 4.90. The predicted octanol–water partition coefficient (Wildman–Crippen LogP) is 3.56. The lowest BCUT2D eigenvalue weighted by Crippen LogP contribution is -2.08. The first kappa shape index (κ1) is 14.7. The van der Waals surface area contributed by atoms with Gasteiger partial charge in [0.15, 0.2) is 0 Å². The van der Waals surface area contributed by atoms with E-state index in [1.165, 1.54) is 0 Å². The summed E-state index contributed by atoms with van der Waals surface area (Å²) in [5.74, 6) is -0.648. The van der Waals surface area contributed by atoms with Crippen LogP contribution in [0.25, 0.3) is 0 Å². The molecule has 0 unspecified atom stereocenters. The van der Waals surface area contributed by atoms with Crippen molar-refractivity contribution >= 4 is 5.97 Å². The molecule has 3 rings (SSSR count). The number of aromatic carboxylic acids is 1. The van der Waals surface area contributed by atoms with Crippen LogP contribution in [0.2, 0.25) is 0 Å². The van der Waals surface area contributed by atoms with Gasteiger partial charge in [0.25, 0.3) is 0 Å². The molecule has 0 radical (unpaired) electrons. The zero-order chi connectivity index (χ0) is 16.1. The van der Waals surface area contributed by atoms with Crippen molar-refractivity contribution < 1.29 is 14.6 Å². The lowest BCUT2D eigenvalue weighted by Gasteiger charge is -2.08. The van der Waals surface area contributed by atoms with Crippen molar-refractivity contribution in [3.8, 4) is 11.6 Å². The largest absolute Gasteiger partial charge is 0.475 e. The number of aromatic nitrogens is 2. The van der Waals surface area contributed by atoms with Gasteiger partial charge >= 0.3 is 5.97 Å². The fraction of sp³-hybridized carbons (Fsp3) is 0.0556. The molecule has 0 aliphatic carbocycles. The average Bonchev–Trinajstić information content (AvgIpc) is 2.56. The average molecular weight is 306 g/mol. The van der Waals surface area contributed by atoms with Crippen molar-refractivity contribution in [1.29, 1.82) is 0 Å². The second-order valence-corrected chi connectivity index (χ2v) is 4.90. The van der Waals surface area contributed by atoms with E-state index in [1.54, 1.807) is 18.2 Å². The summed E-state index contributed by atoms with van der Waals surface area (Å²) < 4.78 is 5.63. The Bertz CT molecular complexity index is 745. The molecule has 0 spiro atoms. The fourth-order valence-corrected chi connectivity index (χ4v) is 2.13. The van der Waals surface area contributed by atoms with E-state index in [4.69, 9.17) is 4.74 Å². The standard InChI is InChI=1S/C18H14N2O3/c21-18(22)17-19-14(11-13-7-3-1-4-8-13)12-16(20-17)23-15-9-5-2-6-10-15/h1-10,12H,11H2,(H,21,22). The van der Waals surface area contributed by atoms with Gasteiger partial charge in [-0.1, -0.05) is 48.5 Å². The predicted molar refractivity (Wildman–Crippen MR) is 84.8 cm³/mol. The minimum atomic E-state index is -1.18. The van der Waals surface area contributed by atoms with Crippen LogP contribution in [0.4, 0.5) is 0 Å². The molecule has 0 fully saturated rings. The van der Waals surface area contributed by atoms with Crippen LogP contribution >= 0.6 is 0 Å². The summed E-state index contributed by atoms with van der Waals surface area (Å²) in [6, 6.07) is 20.4. The molecule has 23 heavy (non-hydrogen) atoms. The molecule has 1 aromatic heterocycles. The zero-order valence-corrected chi connectivity index (χ0v) is 12.2. The number of carbonyl (C=O) groups is 1. The first-order valence-electron chi connectivity index (χ1n) is 7.09. The normalized spacial score (nSPS) is 10.3. The molecular formula is C18H14N2O3. The highest BCUT2D eigenvalue weighted by Gasteiger charge is 2.12. The summed E-state index contributed by atoms with van der Waals surface area (Å²) in [6.45, 7) is 0. The van der Waals surface area contributed by atoms with Crippen LogP contribution in [0.5, 0.6) is 11.6 Å². The van der Waals surface area contributed by atoms with Gasteiger partial charge in [0.2, 0.25) is 11.7 Å². The Balaban J connectivity index is 1.91. The number of rotatable bonds is 5. The Morgan fingerprint density at radius 2 is 1.61 bits per heavy atom.